The fourth-order valence-corrected chi connectivity index (χ4v) is 3.43. The highest BCUT2D eigenvalue weighted by atomic mass is 16.5. The SMILES string of the molecule is Cc1cccc(CCC(=O)N2CCN(C(=O)C3CCCO3)CC2)c1. The topological polar surface area (TPSA) is 49.9 Å². The van der Waals surface area contributed by atoms with Crippen LogP contribution in [0, 0.1) is 6.92 Å². The Hall–Kier alpha value is -1.88. The van der Waals surface area contributed by atoms with Crippen LogP contribution >= 0.6 is 0 Å². The van der Waals surface area contributed by atoms with Gasteiger partial charge in [-0.15, -0.1) is 0 Å². The first-order valence-corrected chi connectivity index (χ1v) is 8.87. The molecule has 2 aliphatic heterocycles. The Labute approximate surface area is 143 Å². The number of benzene rings is 1. The molecule has 0 bridgehead atoms. The van der Waals surface area contributed by atoms with E-state index in [4.69, 9.17) is 4.74 Å². The van der Waals surface area contributed by atoms with Crippen LogP contribution in [0.3, 0.4) is 0 Å². The number of aryl methyl sites for hydroxylation is 2. The summed E-state index contributed by atoms with van der Waals surface area (Å²) in [6, 6.07) is 8.30. The van der Waals surface area contributed by atoms with Gasteiger partial charge in [-0.1, -0.05) is 29.8 Å². The van der Waals surface area contributed by atoms with Crippen molar-refractivity contribution in [3.63, 3.8) is 0 Å². The molecule has 2 amide bonds. The first kappa shape index (κ1) is 17.0. The lowest BCUT2D eigenvalue weighted by Crippen LogP contribution is -2.52. The molecule has 0 aliphatic carbocycles. The first-order chi connectivity index (χ1) is 11.6. The summed E-state index contributed by atoms with van der Waals surface area (Å²) >= 11 is 0. The van der Waals surface area contributed by atoms with E-state index in [2.05, 4.69) is 25.1 Å². The van der Waals surface area contributed by atoms with Crippen LogP contribution < -0.4 is 0 Å². The Morgan fingerprint density at radius 3 is 2.58 bits per heavy atom. The molecule has 3 rings (SSSR count). The van der Waals surface area contributed by atoms with Gasteiger partial charge in [0.15, 0.2) is 0 Å². The van der Waals surface area contributed by atoms with Gasteiger partial charge >= 0.3 is 0 Å². The average molecular weight is 330 g/mol. The molecule has 2 heterocycles. The molecule has 2 saturated heterocycles. The van der Waals surface area contributed by atoms with Crippen molar-refractivity contribution in [3.8, 4) is 0 Å². The summed E-state index contributed by atoms with van der Waals surface area (Å²) in [6.45, 7) is 5.25. The Balaban J connectivity index is 1.44. The van der Waals surface area contributed by atoms with Gasteiger partial charge in [-0.25, -0.2) is 0 Å². The summed E-state index contributed by atoms with van der Waals surface area (Å²) in [5, 5.41) is 0. The Bertz CT molecular complexity index is 588. The number of ether oxygens (including phenoxy) is 1. The molecular formula is C19H26N2O3. The van der Waals surface area contributed by atoms with Crippen molar-refractivity contribution in [1.29, 1.82) is 0 Å². The number of hydrogen-bond donors (Lipinski definition) is 0. The van der Waals surface area contributed by atoms with E-state index in [1.807, 2.05) is 15.9 Å². The lowest BCUT2D eigenvalue weighted by Gasteiger charge is -2.35. The lowest BCUT2D eigenvalue weighted by molar-refractivity contribution is -0.146. The molecule has 1 aromatic carbocycles. The second-order valence-electron chi connectivity index (χ2n) is 6.70. The second kappa shape index (κ2) is 7.79. The molecule has 5 nitrogen and oxygen atoms in total. The highest BCUT2D eigenvalue weighted by molar-refractivity contribution is 5.82. The number of carbonyl (C=O) groups excluding carboxylic acids is 2. The average Bonchev–Trinajstić information content (AvgIpc) is 3.14. The Morgan fingerprint density at radius 2 is 1.92 bits per heavy atom. The Kier molecular flexibility index (Phi) is 5.51. The van der Waals surface area contributed by atoms with Gasteiger partial charge in [0.2, 0.25) is 5.91 Å². The van der Waals surface area contributed by atoms with E-state index in [-0.39, 0.29) is 17.9 Å². The van der Waals surface area contributed by atoms with Gasteiger partial charge in [-0.3, -0.25) is 9.59 Å². The van der Waals surface area contributed by atoms with Crippen molar-refractivity contribution >= 4 is 11.8 Å². The number of amides is 2. The maximum Gasteiger partial charge on any atom is 0.251 e. The molecule has 130 valence electrons. The van der Waals surface area contributed by atoms with E-state index in [0.29, 0.717) is 39.2 Å². The van der Waals surface area contributed by atoms with Gasteiger partial charge in [0, 0.05) is 39.2 Å². The molecular weight excluding hydrogens is 304 g/mol. The molecule has 24 heavy (non-hydrogen) atoms. The van der Waals surface area contributed by atoms with Gasteiger partial charge in [-0.05, 0) is 31.7 Å². The van der Waals surface area contributed by atoms with Crippen LogP contribution in [0.1, 0.15) is 30.4 Å². The third-order valence-corrected chi connectivity index (χ3v) is 4.86. The van der Waals surface area contributed by atoms with E-state index in [9.17, 15) is 9.59 Å². The summed E-state index contributed by atoms with van der Waals surface area (Å²) in [6.07, 6.45) is 2.84. The van der Waals surface area contributed by atoms with Crippen molar-refractivity contribution in [1.82, 2.24) is 9.80 Å². The zero-order valence-corrected chi connectivity index (χ0v) is 14.4. The monoisotopic (exact) mass is 330 g/mol. The van der Waals surface area contributed by atoms with Gasteiger partial charge in [0.25, 0.3) is 5.91 Å². The van der Waals surface area contributed by atoms with Crippen LogP contribution in [-0.4, -0.2) is 60.5 Å². The van der Waals surface area contributed by atoms with Crippen LogP contribution in [0.15, 0.2) is 24.3 Å². The lowest BCUT2D eigenvalue weighted by atomic mass is 10.1. The molecule has 0 spiro atoms. The number of nitrogens with zero attached hydrogens (tertiary/aromatic N) is 2. The van der Waals surface area contributed by atoms with E-state index in [1.165, 1.54) is 11.1 Å². The zero-order valence-electron chi connectivity index (χ0n) is 14.4. The van der Waals surface area contributed by atoms with Gasteiger partial charge in [0.1, 0.15) is 6.10 Å². The molecule has 1 aromatic rings. The van der Waals surface area contributed by atoms with Gasteiger partial charge in [0.05, 0.1) is 0 Å². The molecule has 0 N–H and O–H groups in total. The Morgan fingerprint density at radius 1 is 1.17 bits per heavy atom. The van der Waals surface area contributed by atoms with E-state index < -0.39 is 0 Å². The zero-order chi connectivity index (χ0) is 16.9. The highest BCUT2D eigenvalue weighted by Crippen LogP contribution is 2.16. The predicted octanol–water partition coefficient (Wildman–Crippen LogP) is 1.78. The molecule has 1 atom stereocenters. The van der Waals surface area contributed by atoms with Crippen molar-refractivity contribution in [2.24, 2.45) is 0 Å². The van der Waals surface area contributed by atoms with Crippen molar-refractivity contribution in [3.05, 3.63) is 35.4 Å². The largest absolute Gasteiger partial charge is 0.368 e. The standard InChI is InChI=1S/C19H26N2O3/c1-15-4-2-5-16(14-15)7-8-18(22)20-9-11-21(12-10-20)19(23)17-6-3-13-24-17/h2,4-5,14,17H,3,6-13H2,1H3. The quantitative estimate of drug-likeness (QED) is 0.845. The van der Waals surface area contributed by atoms with Crippen LogP contribution in [0.25, 0.3) is 0 Å². The van der Waals surface area contributed by atoms with Gasteiger partial charge < -0.3 is 14.5 Å². The van der Waals surface area contributed by atoms with Crippen LogP contribution in [0.4, 0.5) is 0 Å². The number of rotatable bonds is 4. The first-order valence-electron chi connectivity index (χ1n) is 8.87. The molecule has 0 saturated carbocycles. The molecule has 2 aliphatic rings. The summed E-state index contributed by atoms with van der Waals surface area (Å²) in [5.74, 6) is 0.278. The molecule has 5 heteroatoms. The number of piperazine rings is 1. The minimum Gasteiger partial charge on any atom is -0.368 e. The van der Waals surface area contributed by atoms with Gasteiger partial charge in [-0.2, -0.15) is 0 Å². The molecule has 0 radical (unpaired) electrons. The third-order valence-electron chi connectivity index (χ3n) is 4.86. The van der Waals surface area contributed by atoms with E-state index in [1.54, 1.807) is 0 Å². The molecule has 1 unspecified atom stereocenters. The van der Waals surface area contributed by atoms with Crippen LogP contribution in [-0.2, 0) is 20.7 Å². The van der Waals surface area contributed by atoms with E-state index in [0.717, 1.165) is 19.3 Å². The molecule has 0 aromatic heterocycles. The van der Waals surface area contributed by atoms with Crippen molar-refractivity contribution in [2.45, 2.75) is 38.7 Å². The molecule has 2 fully saturated rings. The highest BCUT2D eigenvalue weighted by Gasteiger charge is 2.31. The number of carbonyl (C=O) groups is 2. The minimum atomic E-state index is -0.256. The van der Waals surface area contributed by atoms with Crippen LogP contribution in [0.2, 0.25) is 0 Å². The number of hydrogen-bond acceptors (Lipinski definition) is 3. The minimum absolute atomic E-state index is 0.0966. The summed E-state index contributed by atoms with van der Waals surface area (Å²) in [4.78, 5) is 28.4. The fraction of sp³-hybridized carbons (Fsp3) is 0.579. The summed E-state index contributed by atoms with van der Waals surface area (Å²) < 4.78 is 5.47. The van der Waals surface area contributed by atoms with Crippen LogP contribution in [0.5, 0.6) is 0 Å². The fourth-order valence-electron chi connectivity index (χ4n) is 3.43. The van der Waals surface area contributed by atoms with Crippen molar-refractivity contribution < 1.29 is 14.3 Å². The second-order valence-corrected chi connectivity index (χ2v) is 6.70. The maximum absolute atomic E-state index is 12.4. The summed E-state index contributed by atoms with van der Waals surface area (Å²) in [7, 11) is 0. The summed E-state index contributed by atoms with van der Waals surface area (Å²) in [5.41, 5.74) is 2.43. The van der Waals surface area contributed by atoms with E-state index >= 15 is 0 Å². The predicted molar refractivity (Wildman–Crippen MR) is 91.6 cm³/mol. The maximum atomic E-state index is 12.4. The normalized spacial score (nSPS) is 21.1. The van der Waals surface area contributed by atoms with Crippen molar-refractivity contribution in [2.75, 3.05) is 32.8 Å². The third kappa shape index (κ3) is 4.15. The smallest absolute Gasteiger partial charge is 0.251 e.